The summed E-state index contributed by atoms with van der Waals surface area (Å²) in [5.41, 5.74) is 3.88. The molecule has 4 rings (SSSR count). The average Bonchev–Trinajstić information content (AvgIpc) is 3.14. The van der Waals surface area contributed by atoms with Crippen molar-refractivity contribution < 1.29 is 13.9 Å². The van der Waals surface area contributed by atoms with Gasteiger partial charge in [-0.05, 0) is 55.8 Å². The third-order valence-electron chi connectivity index (χ3n) is 4.92. The lowest BCUT2D eigenvalue weighted by Crippen LogP contribution is -2.17. The number of furan rings is 1. The number of carbonyl (C=O) groups excluding carboxylic acids is 1. The average molecular weight is 401 g/mol. The van der Waals surface area contributed by atoms with Crippen LogP contribution in [-0.2, 0) is 6.54 Å². The van der Waals surface area contributed by atoms with E-state index in [1.165, 1.54) is 0 Å². The molecule has 1 N–H and O–H groups in total. The number of benzene rings is 1. The monoisotopic (exact) mass is 401 g/mol. The van der Waals surface area contributed by atoms with E-state index in [9.17, 15) is 4.79 Å². The maximum Gasteiger partial charge on any atom is 0.169 e. The minimum atomic E-state index is 0.363. The Bertz CT molecular complexity index is 1140. The van der Waals surface area contributed by atoms with Gasteiger partial charge in [0, 0.05) is 36.3 Å². The van der Waals surface area contributed by atoms with Crippen LogP contribution in [0.2, 0.25) is 0 Å². The highest BCUT2D eigenvalue weighted by Gasteiger charge is 2.18. The van der Waals surface area contributed by atoms with E-state index < -0.39 is 0 Å². The number of aromatic nitrogens is 2. The highest BCUT2D eigenvalue weighted by Crippen LogP contribution is 2.38. The second-order valence-electron chi connectivity index (χ2n) is 6.98. The van der Waals surface area contributed by atoms with Crippen molar-refractivity contribution >= 4 is 17.3 Å². The van der Waals surface area contributed by atoms with Crippen molar-refractivity contribution in [1.29, 1.82) is 0 Å². The first-order valence-corrected chi connectivity index (χ1v) is 9.93. The smallest absolute Gasteiger partial charge is 0.169 e. The van der Waals surface area contributed by atoms with Gasteiger partial charge in [-0.3, -0.25) is 14.8 Å². The molecule has 0 aliphatic heterocycles. The van der Waals surface area contributed by atoms with Crippen molar-refractivity contribution in [3.05, 3.63) is 77.9 Å². The molecule has 0 fully saturated rings. The van der Waals surface area contributed by atoms with Crippen LogP contribution in [0.25, 0.3) is 22.3 Å². The largest absolute Gasteiger partial charge is 0.493 e. The van der Waals surface area contributed by atoms with Crippen LogP contribution in [0, 0.1) is 6.92 Å². The molecular formula is C24H23N3O3. The van der Waals surface area contributed by atoms with E-state index in [-0.39, 0.29) is 0 Å². The van der Waals surface area contributed by atoms with Gasteiger partial charge in [0.15, 0.2) is 6.29 Å². The zero-order chi connectivity index (χ0) is 20.8. The fourth-order valence-corrected chi connectivity index (χ4v) is 3.46. The molecule has 1 aromatic carbocycles. The molecule has 0 aliphatic rings. The summed E-state index contributed by atoms with van der Waals surface area (Å²) in [4.78, 5) is 19.6. The lowest BCUT2D eigenvalue weighted by atomic mass is 10.1. The third-order valence-corrected chi connectivity index (χ3v) is 4.92. The molecule has 0 aliphatic carbocycles. The lowest BCUT2D eigenvalue weighted by molar-refractivity contribution is 0.111. The molecule has 0 unspecified atom stereocenters. The molecular weight excluding hydrogens is 378 g/mol. The van der Waals surface area contributed by atoms with Crippen LogP contribution in [0.1, 0.15) is 28.0 Å². The van der Waals surface area contributed by atoms with Crippen molar-refractivity contribution in [3.63, 3.8) is 0 Å². The molecule has 4 aromatic rings. The Labute approximate surface area is 174 Å². The Morgan fingerprint density at radius 3 is 2.87 bits per heavy atom. The van der Waals surface area contributed by atoms with Crippen molar-refractivity contribution in [1.82, 2.24) is 15.3 Å². The summed E-state index contributed by atoms with van der Waals surface area (Å²) >= 11 is 0. The number of fused-ring (bicyclic) bond motifs is 1. The summed E-state index contributed by atoms with van der Waals surface area (Å²) in [5.74, 6) is 1.43. The number of pyridine rings is 2. The number of hydrogen-bond donors (Lipinski definition) is 1. The van der Waals surface area contributed by atoms with Crippen LogP contribution < -0.4 is 10.1 Å². The normalized spacial score (nSPS) is 11.0. The highest BCUT2D eigenvalue weighted by atomic mass is 16.5. The fourth-order valence-electron chi connectivity index (χ4n) is 3.46. The van der Waals surface area contributed by atoms with Gasteiger partial charge in [0.1, 0.15) is 22.8 Å². The van der Waals surface area contributed by atoms with E-state index in [0.717, 1.165) is 53.6 Å². The second kappa shape index (κ2) is 9.33. The van der Waals surface area contributed by atoms with Gasteiger partial charge < -0.3 is 14.5 Å². The van der Waals surface area contributed by atoms with Crippen LogP contribution in [0.3, 0.4) is 0 Å². The van der Waals surface area contributed by atoms with Gasteiger partial charge in [0.25, 0.3) is 0 Å². The molecule has 6 nitrogen and oxygen atoms in total. The van der Waals surface area contributed by atoms with Gasteiger partial charge in [-0.15, -0.1) is 0 Å². The standard InChI is InChI=1S/C24H23N3O3/c1-17-23-21(29-13-5-11-26-15-18-6-3-10-25-14-18)8-2-9-22(23)30-24(17)19-7-4-12-27-20(19)16-28/h2-4,6-10,12,14,16,26H,5,11,13,15H2,1H3. The van der Waals surface area contributed by atoms with Gasteiger partial charge >= 0.3 is 0 Å². The first-order chi connectivity index (χ1) is 14.8. The van der Waals surface area contributed by atoms with Gasteiger partial charge in [-0.1, -0.05) is 12.1 Å². The molecule has 0 radical (unpaired) electrons. The summed E-state index contributed by atoms with van der Waals surface area (Å²) in [6.45, 7) is 4.20. The maximum atomic E-state index is 11.4. The number of nitrogens with one attached hydrogen (secondary N) is 1. The predicted molar refractivity (Wildman–Crippen MR) is 116 cm³/mol. The number of aldehydes is 1. The van der Waals surface area contributed by atoms with Crippen LogP contribution >= 0.6 is 0 Å². The number of aryl methyl sites for hydroxylation is 1. The maximum absolute atomic E-state index is 11.4. The Kier molecular flexibility index (Phi) is 6.15. The number of hydrogen-bond acceptors (Lipinski definition) is 6. The van der Waals surface area contributed by atoms with E-state index in [2.05, 4.69) is 21.4 Å². The Morgan fingerprint density at radius 2 is 2.03 bits per heavy atom. The van der Waals surface area contributed by atoms with Gasteiger partial charge in [0.2, 0.25) is 0 Å². The SMILES string of the molecule is Cc1c(-c2cccnc2C=O)oc2cccc(OCCCNCc3cccnc3)c12. The van der Waals surface area contributed by atoms with Crippen LogP contribution in [0.4, 0.5) is 0 Å². The highest BCUT2D eigenvalue weighted by molar-refractivity contribution is 5.95. The molecule has 30 heavy (non-hydrogen) atoms. The topological polar surface area (TPSA) is 77.2 Å². The zero-order valence-corrected chi connectivity index (χ0v) is 16.8. The summed E-state index contributed by atoms with van der Waals surface area (Å²) < 4.78 is 12.1. The van der Waals surface area contributed by atoms with Gasteiger partial charge in [-0.2, -0.15) is 0 Å². The molecule has 0 saturated heterocycles. The van der Waals surface area contributed by atoms with Crippen LogP contribution in [0.5, 0.6) is 5.75 Å². The predicted octanol–water partition coefficient (Wildman–Crippen LogP) is 4.57. The summed E-state index contributed by atoms with van der Waals surface area (Å²) in [5, 5.41) is 4.32. The number of rotatable bonds is 9. The summed E-state index contributed by atoms with van der Waals surface area (Å²) in [6, 6.07) is 13.4. The van der Waals surface area contributed by atoms with E-state index in [0.29, 0.717) is 23.6 Å². The Hall–Kier alpha value is -3.51. The zero-order valence-electron chi connectivity index (χ0n) is 16.8. The second-order valence-corrected chi connectivity index (χ2v) is 6.98. The number of carbonyl (C=O) groups is 1. The van der Waals surface area contributed by atoms with Crippen molar-refractivity contribution in [2.45, 2.75) is 19.9 Å². The molecule has 6 heteroatoms. The van der Waals surface area contributed by atoms with E-state index in [1.807, 2.05) is 43.5 Å². The first kappa shape index (κ1) is 19.8. The van der Waals surface area contributed by atoms with Crippen molar-refractivity contribution in [2.24, 2.45) is 0 Å². The van der Waals surface area contributed by atoms with Crippen LogP contribution in [-0.4, -0.2) is 29.4 Å². The molecule has 0 spiro atoms. The first-order valence-electron chi connectivity index (χ1n) is 9.93. The van der Waals surface area contributed by atoms with Crippen molar-refractivity contribution in [3.8, 4) is 17.1 Å². The minimum Gasteiger partial charge on any atom is -0.493 e. The molecule has 3 aromatic heterocycles. The van der Waals surface area contributed by atoms with Gasteiger partial charge in [0.05, 0.1) is 12.0 Å². The molecule has 0 atom stereocenters. The fraction of sp³-hybridized carbons (Fsp3) is 0.208. The molecule has 0 amide bonds. The molecule has 0 bridgehead atoms. The number of nitrogens with zero attached hydrogens (tertiary/aromatic N) is 2. The third kappa shape index (κ3) is 4.23. The molecule has 0 saturated carbocycles. The molecule has 152 valence electrons. The lowest BCUT2D eigenvalue weighted by Gasteiger charge is -2.09. The van der Waals surface area contributed by atoms with Gasteiger partial charge in [-0.25, -0.2) is 0 Å². The molecule has 3 heterocycles. The quantitative estimate of drug-likeness (QED) is 0.327. The number of ether oxygens (including phenoxy) is 1. The Morgan fingerprint density at radius 1 is 1.13 bits per heavy atom. The van der Waals surface area contributed by atoms with Crippen LogP contribution in [0.15, 0.2) is 65.5 Å². The summed E-state index contributed by atoms with van der Waals surface area (Å²) in [7, 11) is 0. The van der Waals surface area contributed by atoms with E-state index in [1.54, 1.807) is 18.5 Å². The van der Waals surface area contributed by atoms with Crippen molar-refractivity contribution in [2.75, 3.05) is 13.2 Å². The summed E-state index contributed by atoms with van der Waals surface area (Å²) in [6.07, 6.45) is 6.86. The minimum absolute atomic E-state index is 0.363. The Balaban J connectivity index is 1.43. The van der Waals surface area contributed by atoms with E-state index >= 15 is 0 Å². The van der Waals surface area contributed by atoms with E-state index in [4.69, 9.17) is 9.15 Å².